The van der Waals surface area contributed by atoms with E-state index < -0.39 is 0 Å². The summed E-state index contributed by atoms with van der Waals surface area (Å²) in [6.07, 6.45) is 1.77. The molecule has 0 unspecified atom stereocenters. The molecule has 1 amide bonds. The number of hydrogen-bond acceptors (Lipinski definition) is 5. The second kappa shape index (κ2) is 9.18. The van der Waals surface area contributed by atoms with E-state index in [0.717, 1.165) is 38.0 Å². The summed E-state index contributed by atoms with van der Waals surface area (Å²) in [6.45, 7) is 0.546. The maximum absolute atomic E-state index is 12.7. The molecule has 6 heteroatoms. The minimum absolute atomic E-state index is 0.204. The number of aromatic nitrogens is 1. The van der Waals surface area contributed by atoms with E-state index in [9.17, 15) is 4.79 Å². The lowest BCUT2D eigenvalue weighted by atomic mass is 10.1. The normalized spacial score (nSPS) is 12.2. The number of benzene rings is 3. The molecule has 4 aromatic rings. The van der Waals surface area contributed by atoms with Gasteiger partial charge >= 0.3 is 0 Å². The standard InChI is InChI=1S/C26H20N4OS/c31-26(30-28-17-18-8-2-1-3-9-18)19-13-14-24-22(16-19)29-25(21-11-6-7-15-27-21)20-10-4-5-12-23(20)32-24/h1-16,28H,17H2,(H,30,31). The van der Waals surface area contributed by atoms with Crippen molar-refractivity contribution in [3.63, 3.8) is 0 Å². The lowest BCUT2D eigenvalue weighted by Gasteiger charge is -2.09. The molecule has 3 aromatic carbocycles. The summed E-state index contributed by atoms with van der Waals surface area (Å²) in [5, 5.41) is 0. The van der Waals surface area contributed by atoms with Crippen LogP contribution in [-0.2, 0) is 6.54 Å². The van der Waals surface area contributed by atoms with Gasteiger partial charge in [0.15, 0.2) is 0 Å². The highest BCUT2D eigenvalue weighted by Gasteiger charge is 2.20. The zero-order chi connectivity index (χ0) is 21.8. The molecule has 1 aliphatic heterocycles. The van der Waals surface area contributed by atoms with Crippen LogP contribution in [0.25, 0.3) is 0 Å². The van der Waals surface area contributed by atoms with E-state index in [0.29, 0.717) is 12.1 Å². The van der Waals surface area contributed by atoms with Crippen LogP contribution in [0.4, 0.5) is 5.69 Å². The molecule has 0 atom stereocenters. The Morgan fingerprint density at radius 2 is 1.66 bits per heavy atom. The predicted molar refractivity (Wildman–Crippen MR) is 127 cm³/mol. The van der Waals surface area contributed by atoms with Gasteiger partial charge in [0.25, 0.3) is 5.91 Å². The predicted octanol–water partition coefficient (Wildman–Crippen LogP) is 5.15. The average Bonchev–Trinajstić information content (AvgIpc) is 3.01. The molecule has 5 nitrogen and oxygen atoms in total. The Morgan fingerprint density at radius 1 is 0.844 bits per heavy atom. The first-order valence-electron chi connectivity index (χ1n) is 10.3. The molecule has 0 bridgehead atoms. The Kier molecular flexibility index (Phi) is 5.79. The third kappa shape index (κ3) is 4.32. The first-order valence-corrected chi connectivity index (χ1v) is 11.1. The zero-order valence-corrected chi connectivity index (χ0v) is 18.0. The smallest absolute Gasteiger partial charge is 0.265 e. The van der Waals surface area contributed by atoms with Crippen molar-refractivity contribution < 1.29 is 4.79 Å². The minimum Gasteiger partial charge on any atom is -0.287 e. The van der Waals surface area contributed by atoms with Gasteiger partial charge < -0.3 is 0 Å². The van der Waals surface area contributed by atoms with Crippen LogP contribution in [0.2, 0.25) is 0 Å². The largest absolute Gasteiger partial charge is 0.287 e. The second-order valence-corrected chi connectivity index (χ2v) is 8.33. The number of carbonyl (C=O) groups is 1. The monoisotopic (exact) mass is 436 g/mol. The number of carbonyl (C=O) groups excluding carboxylic acids is 1. The van der Waals surface area contributed by atoms with Crippen LogP contribution in [0.5, 0.6) is 0 Å². The molecule has 0 radical (unpaired) electrons. The highest BCUT2D eigenvalue weighted by atomic mass is 32.2. The fourth-order valence-corrected chi connectivity index (χ4v) is 4.48. The van der Waals surface area contributed by atoms with Gasteiger partial charge in [0.2, 0.25) is 0 Å². The van der Waals surface area contributed by atoms with Gasteiger partial charge in [-0.05, 0) is 42.0 Å². The number of rotatable bonds is 5. The van der Waals surface area contributed by atoms with Gasteiger partial charge in [0.1, 0.15) is 0 Å². The summed E-state index contributed by atoms with van der Waals surface area (Å²) < 4.78 is 0. The second-order valence-electron chi connectivity index (χ2n) is 7.25. The summed E-state index contributed by atoms with van der Waals surface area (Å²) in [5.74, 6) is -0.204. The lowest BCUT2D eigenvalue weighted by Crippen LogP contribution is -2.36. The summed E-state index contributed by atoms with van der Waals surface area (Å²) in [5.41, 5.74) is 10.8. The third-order valence-corrected chi connectivity index (χ3v) is 6.20. The molecule has 0 saturated carbocycles. The van der Waals surface area contributed by atoms with Crippen LogP contribution in [0.15, 0.2) is 112 Å². The molecule has 0 aliphatic carbocycles. The highest BCUT2D eigenvalue weighted by Crippen LogP contribution is 2.41. The average molecular weight is 437 g/mol. The number of nitrogens with zero attached hydrogens (tertiary/aromatic N) is 2. The molecule has 5 rings (SSSR count). The quantitative estimate of drug-likeness (QED) is 0.374. The molecule has 0 fully saturated rings. The van der Waals surface area contributed by atoms with Crippen molar-refractivity contribution >= 4 is 29.1 Å². The van der Waals surface area contributed by atoms with Gasteiger partial charge in [0.05, 0.1) is 17.1 Å². The highest BCUT2D eigenvalue weighted by molar-refractivity contribution is 7.99. The van der Waals surface area contributed by atoms with Crippen LogP contribution in [0.1, 0.15) is 27.2 Å². The van der Waals surface area contributed by atoms with E-state index in [1.165, 1.54) is 0 Å². The van der Waals surface area contributed by atoms with Gasteiger partial charge in [-0.1, -0.05) is 66.4 Å². The van der Waals surface area contributed by atoms with Crippen molar-refractivity contribution in [3.05, 3.63) is 120 Å². The van der Waals surface area contributed by atoms with Crippen LogP contribution >= 0.6 is 11.8 Å². The van der Waals surface area contributed by atoms with Crippen molar-refractivity contribution in [2.75, 3.05) is 0 Å². The van der Waals surface area contributed by atoms with Gasteiger partial charge in [-0.15, -0.1) is 0 Å². The molecule has 1 aromatic heterocycles. The Bertz CT molecular complexity index is 1290. The minimum atomic E-state index is -0.204. The van der Waals surface area contributed by atoms with Crippen LogP contribution in [0.3, 0.4) is 0 Å². The van der Waals surface area contributed by atoms with E-state index >= 15 is 0 Å². The van der Waals surface area contributed by atoms with Crippen LogP contribution < -0.4 is 10.9 Å². The lowest BCUT2D eigenvalue weighted by molar-refractivity contribution is 0.0932. The fraction of sp³-hybridized carbons (Fsp3) is 0.0385. The summed E-state index contributed by atoms with van der Waals surface area (Å²) >= 11 is 1.65. The number of nitrogens with one attached hydrogen (secondary N) is 2. The number of fused-ring (bicyclic) bond motifs is 2. The molecule has 32 heavy (non-hydrogen) atoms. The van der Waals surface area contributed by atoms with Crippen molar-refractivity contribution in [3.8, 4) is 0 Å². The summed E-state index contributed by atoms with van der Waals surface area (Å²) in [4.78, 5) is 24.3. The van der Waals surface area contributed by atoms with Crippen LogP contribution in [0, 0.1) is 0 Å². The van der Waals surface area contributed by atoms with Crippen molar-refractivity contribution in [2.45, 2.75) is 16.3 Å². The van der Waals surface area contributed by atoms with E-state index in [2.05, 4.69) is 28.0 Å². The van der Waals surface area contributed by atoms with E-state index in [-0.39, 0.29) is 5.91 Å². The van der Waals surface area contributed by atoms with E-state index in [1.54, 1.807) is 18.0 Å². The Labute approximate surface area is 190 Å². The molecule has 2 N–H and O–H groups in total. The fourth-order valence-electron chi connectivity index (χ4n) is 3.48. The number of hydrogen-bond donors (Lipinski definition) is 2. The molecular formula is C26H20N4OS. The Hall–Kier alpha value is -3.74. The SMILES string of the molecule is O=C(NNCc1ccccc1)c1ccc2c(c1)N=C(c1ccccn1)c1ccccc1S2. The maximum Gasteiger partial charge on any atom is 0.265 e. The Balaban J connectivity index is 1.44. The van der Waals surface area contributed by atoms with E-state index in [1.807, 2.05) is 78.9 Å². The van der Waals surface area contributed by atoms with Gasteiger partial charge in [-0.25, -0.2) is 10.4 Å². The summed E-state index contributed by atoms with van der Waals surface area (Å²) in [6, 6.07) is 29.5. The van der Waals surface area contributed by atoms with Crippen molar-refractivity contribution in [1.29, 1.82) is 0 Å². The molecule has 0 spiro atoms. The maximum atomic E-state index is 12.7. The zero-order valence-electron chi connectivity index (χ0n) is 17.2. The van der Waals surface area contributed by atoms with Gasteiger partial charge in [-0.2, -0.15) is 0 Å². The number of pyridine rings is 1. The first-order chi connectivity index (χ1) is 15.8. The van der Waals surface area contributed by atoms with Gasteiger partial charge in [0, 0.05) is 33.7 Å². The molecule has 2 heterocycles. The molecule has 0 saturated heterocycles. The number of amides is 1. The van der Waals surface area contributed by atoms with Crippen LogP contribution in [-0.4, -0.2) is 16.6 Å². The summed E-state index contributed by atoms with van der Waals surface area (Å²) in [7, 11) is 0. The molecule has 1 aliphatic rings. The van der Waals surface area contributed by atoms with E-state index in [4.69, 9.17) is 4.99 Å². The Morgan fingerprint density at radius 3 is 2.50 bits per heavy atom. The third-order valence-electron chi connectivity index (χ3n) is 5.06. The first kappa shape index (κ1) is 20.2. The molecular weight excluding hydrogens is 416 g/mol. The topological polar surface area (TPSA) is 66.4 Å². The van der Waals surface area contributed by atoms with Gasteiger partial charge in [-0.3, -0.25) is 15.2 Å². The van der Waals surface area contributed by atoms with Crippen molar-refractivity contribution in [2.24, 2.45) is 4.99 Å². The van der Waals surface area contributed by atoms with Crippen molar-refractivity contribution in [1.82, 2.24) is 15.8 Å². The molecule has 156 valence electrons. The number of aliphatic imine (C=N–C) groups is 1. The number of hydrazine groups is 1.